The molecule has 0 aliphatic carbocycles. The van der Waals surface area contributed by atoms with Gasteiger partial charge < -0.3 is 39.9 Å². The van der Waals surface area contributed by atoms with E-state index in [9.17, 15) is 27.6 Å². The number of halogens is 3. The number of hydrogen-bond donors (Lipinski definition) is 2. The van der Waals surface area contributed by atoms with Gasteiger partial charge >= 0.3 is 24.1 Å². The minimum absolute atomic E-state index is 0.0392. The zero-order valence-electron chi connectivity index (χ0n) is 26.7. The number of anilines is 2. The summed E-state index contributed by atoms with van der Waals surface area (Å²) in [5.41, 5.74) is 13.3. The molecule has 0 atom stereocenters. The minimum Gasteiger partial charge on any atom is -0.494 e. The predicted octanol–water partition coefficient (Wildman–Crippen LogP) is 6.02. The number of carbonyl (C=O) groups is 3. The number of rotatable bonds is 20. The Balaban J connectivity index is 1.22. The highest BCUT2D eigenvalue weighted by atomic mass is 19.4. The molecule has 0 radical (unpaired) electrons. The Bertz CT molecular complexity index is 1490. The lowest BCUT2D eigenvalue weighted by Gasteiger charge is -2.08. The second kappa shape index (κ2) is 20.3. The van der Waals surface area contributed by atoms with Crippen molar-refractivity contribution in [2.45, 2.75) is 31.9 Å². The van der Waals surface area contributed by atoms with E-state index in [0.717, 1.165) is 0 Å². The maximum Gasteiger partial charge on any atom is 0.389 e. The van der Waals surface area contributed by atoms with Gasteiger partial charge in [-0.1, -0.05) is 12.1 Å². The molecule has 0 saturated carbocycles. The van der Waals surface area contributed by atoms with Crippen LogP contribution in [0.25, 0.3) is 6.08 Å². The van der Waals surface area contributed by atoms with E-state index >= 15 is 0 Å². The third-order valence-corrected chi connectivity index (χ3v) is 6.48. The van der Waals surface area contributed by atoms with Crippen LogP contribution >= 0.6 is 0 Å². The number of unbranched alkanes of at least 4 members (excludes halogenated alkanes) is 2. The molecule has 49 heavy (non-hydrogen) atoms. The second-order valence-corrected chi connectivity index (χ2v) is 10.5. The first-order valence-electron chi connectivity index (χ1n) is 15.4. The average Bonchev–Trinajstić information content (AvgIpc) is 3.06. The van der Waals surface area contributed by atoms with E-state index in [1.165, 1.54) is 36.4 Å². The van der Waals surface area contributed by atoms with E-state index in [1.54, 1.807) is 42.5 Å². The van der Waals surface area contributed by atoms with Gasteiger partial charge in [-0.25, -0.2) is 14.4 Å². The summed E-state index contributed by atoms with van der Waals surface area (Å²) < 4.78 is 68.3. The number of hydrogen-bond acceptors (Lipinski definition) is 11. The molecule has 264 valence electrons. The van der Waals surface area contributed by atoms with Crippen molar-refractivity contribution in [2.75, 3.05) is 57.7 Å². The zero-order valence-corrected chi connectivity index (χ0v) is 26.7. The standard InChI is InChI=1S/C35H39F3N2O9/c36-35(37,38)14-2-1-3-15-46-30-11-7-26(8-12-30)34(43)49-31-9-4-25(5-10-31)6-13-32(41)47-20-18-44-16-17-45-19-21-48-33(42)27-22-28(39)24-29(40)23-27/h4-13,22-24H,1-3,14-21,39-40H2. The van der Waals surface area contributed by atoms with E-state index in [0.29, 0.717) is 46.8 Å². The van der Waals surface area contributed by atoms with Gasteiger partial charge in [0.25, 0.3) is 0 Å². The van der Waals surface area contributed by atoms with Crippen molar-refractivity contribution in [3.05, 3.63) is 89.5 Å². The van der Waals surface area contributed by atoms with Gasteiger partial charge in [0.05, 0.1) is 44.2 Å². The fourth-order valence-electron chi connectivity index (χ4n) is 4.10. The highest BCUT2D eigenvalue weighted by Crippen LogP contribution is 2.23. The lowest BCUT2D eigenvalue weighted by atomic mass is 10.2. The molecule has 4 N–H and O–H groups in total. The molecule has 0 aliphatic rings. The van der Waals surface area contributed by atoms with Crippen molar-refractivity contribution in [1.29, 1.82) is 0 Å². The van der Waals surface area contributed by atoms with Gasteiger partial charge in [0.1, 0.15) is 24.7 Å². The lowest BCUT2D eigenvalue weighted by molar-refractivity contribution is -0.139. The molecule has 3 aromatic carbocycles. The van der Waals surface area contributed by atoms with Crippen LogP contribution in [-0.4, -0.2) is 70.3 Å². The van der Waals surface area contributed by atoms with E-state index in [4.69, 9.17) is 39.9 Å². The molecule has 0 bridgehead atoms. The smallest absolute Gasteiger partial charge is 0.389 e. The summed E-state index contributed by atoms with van der Waals surface area (Å²) in [5, 5.41) is 0. The van der Waals surface area contributed by atoms with E-state index in [1.807, 2.05) is 0 Å². The first-order chi connectivity index (χ1) is 23.5. The summed E-state index contributed by atoms with van der Waals surface area (Å²) in [6.07, 6.45) is -1.17. The fraction of sp³-hybridized carbons (Fsp3) is 0.343. The van der Waals surface area contributed by atoms with Crippen LogP contribution in [0, 0.1) is 0 Å². The molecule has 3 rings (SSSR count). The monoisotopic (exact) mass is 688 g/mol. The molecule has 11 nitrogen and oxygen atoms in total. The number of ether oxygens (including phenoxy) is 6. The Morgan fingerprint density at radius 3 is 1.86 bits per heavy atom. The lowest BCUT2D eigenvalue weighted by Crippen LogP contribution is -2.15. The molecule has 0 unspecified atom stereocenters. The number of esters is 3. The van der Waals surface area contributed by atoms with E-state index in [-0.39, 0.29) is 58.2 Å². The molecule has 0 amide bonds. The van der Waals surface area contributed by atoms with Crippen LogP contribution in [-0.2, 0) is 23.7 Å². The highest BCUT2D eigenvalue weighted by Gasteiger charge is 2.25. The van der Waals surface area contributed by atoms with Crippen LogP contribution in [0.15, 0.2) is 72.8 Å². The summed E-state index contributed by atoms with van der Waals surface area (Å²) >= 11 is 0. The molecule has 0 heterocycles. The van der Waals surface area contributed by atoms with Crippen LogP contribution in [0.1, 0.15) is 52.0 Å². The van der Waals surface area contributed by atoms with E-state index < -0.39 is 30.5 Å². The normalized spacial score (nSPS) is 11.3. The Labute approximate surface area is 281 Å². The number of alkyl halides is 3. The average molecular weight is 689 g/mol. The van der Waals surface area contributed by atoms with Gasteiger partial charge in [-0.2, -0.15) is 13.2 Å². The third kappa shape index (κ3) is 16.0. The van der Waals surface area contributed by atoms with Crippen LogP contribution in [0.4, 0.5) is 24.5 Å². The Kier molecular flexibility index (Phi) is 15.9. The number of benzene rings is 3. The molecule has 0 aliphatic heterocycles. The number of carbonyl (C=O) groups excluding carboxylic acids is 3. The van der Waals surface area contributed by atoms with Crippen molar-refractivity contribution >= 4 is 35.4 Å². The summed E-state index contributed by atoms with van der Waals surface area (Å²) in [7, 11) is 0. The summed E-state index contributed by atoms with van der Waals surface area (Å²) in [5.74, 6) is -0.903. The van der Waals surface area contributed by atoms with Gasteiger partial charge in [0.15, 0.2) is 0 Å². The quantitative estimate of drug-likeness (QED) is 0.0470. The van der Waals surface area contributed by atoms with Crippen molar-refractivity contribution in [3.63, 3.8) is 0 Å². The zero-order chi connectivity index (χ0) is 35.5. The Hall–Kier alpha value is -5.08. The topological polar surface area (TPSA) is 159 Å². The Morgan fingerprint density at radius 1 is 0.633 bits per heavy atom. The van der Waals surface area contributed by atoms with Crippen molar-refractivity contribution < 1.29 is 56.0 Å². The molecule has 14 heteroatoms. The molecule has 0 saturated heterocycles. The molecular weight excluding hydrogens is 649 g/mol. The first-order valence-corrected chi connectivity index (χ1v) is 15.4. The maximum atomic E-state index is 12.5. The van der Waals surface area contributed by atoms with Crippen molar-refractivity contribution in [3.8, 4) is 11.5 Å². The third-order valence-electron chi connectivity index (χ3n) is 6.48. The summed E-state index contributed by atoms with van der Waals surface area (Å²) in [6, 6.07) is 17.2. The molecule has 0 aromatic heterocycles. The van der Waals surface area contributed by atoms with Gasteiger partial charge in [0, 0.05) is 23.9 Å². The molecule has 0 spiro atoms. The molecular formula is C35H39F3N2O9. The molecule has 3 aromatic rings. The molecule has 0 fully saturated rings. The second-order valence-electron chi connectivity index (χ2n) is 10.5. The van der Waals surface area contributed by atoms with Crippen LogP contribution in [0.2, 0.25) is 0 Å². The maximum absolute atomic E-state index is 12.5. The predicted molar refractivity (Wildman–Crippen MR) is 175 cm³/mol. The highest BCUT2D eigenvalue weighted by molar-refractivity contribution is 5.92. The minimum atomic E-state index is -4.14. The van der Waals surface area contributed by atoms with Crippen LogP contribution in [0.5, 0.6) is 11.5 Å². The van der Waals surface area contributed by atoms with Gasteiger partial charge in [-0.05, 0) is 85.5 Å². The first kappa shape index (κ1) is 38.4. The largest absolute Gasteiger partial charge is 0.494 e. The number of nitrogens with two attached hydrogens (primary N) is 2. The fourth-order valence-corrected chi connectivity index (χ4v) is 4.10. The summed E-state index contributed by atoms with van der Waals surface area (Å²) in [4.78, 5) is 36.5. The summed E-state index contributed by atoms with van der Waals surface area (Å²) in [6.45, 7) is 1.20. The van der Waals surface area contributed by atoms with E-state index in [2.05, 4.69) is 0 Å². The van der Waals surface area contributed by atoms with Gasteiger partial charge in [-0.3, -0.25) is 0 Å². The van der Waals surface area contributed by atoms with Gasteiger partial charge in [0.2, 0.25) is 0 Å². The van der Waals surface area contributed by atoms with Crippen LogP contribution in [0.3, 0.4) is 0 Å². The van der Waals surface area contributed by atoms with Gasteiger partial charge in [-0.15, -0.1) is 0 Å². The van der Waals surface area contributed by atoms with Crippen molar-refractivity contribution in [1.82, 2.24) is 0 Å². The number of nitrogen functional groups attached to an aromatic ring is 2. The Morgan fingerprint density at radius 2 is 1.22 bits per heavy atom. The van der Waals surface area contributed by atoms with Crippen LogP contribution < -0.4 is 20.9 Å². The SMILES string of the molecule is Nc1cc(N)cc(C(=O)OCCOCCOCCOC(=O)C=Cc2ccc(OC(=O)c3ccc(OCCCCCC(F)(F)F)cc3)cc2)c1. The van der Waals surface area contributed by atoms with Crippen molar-refractivity contribution in [2.24, 2.45) is 0 Å².